The second-order valence-corrected chi connectivity index (χ2v) is 10.5. The first-order valence-electron chi connectivity index (χ1n) is 13.8. The Kier molecular flexibility index (Phi) is 9.54. The van der Waals surface area contributed by atoms with Crippen LogP contribution in [0.15, 0.2) is 65.4 Å². The molecule has 0 saturated heterocycles. The van der Waals surface area contributed by atoms with Gasteiger partial charge >= 0.3 is 11.9 Å². The van der Waals surface area contributed by atoms with Gasteiger partial charge in [0.15, 0.2) is 5.13 Å². The number of benzene rings is 2. The van der Waals surface area contributed by atoms with Crippen molar-refractivity contribution in [2.45, 2.75) is 40.5 Å². The van der Waals surface area contributed by atoms with Crippen LogP contribution in [0, 0.1) is 6.92 Å². The van der Waals surface area contributed by atoms with E-state index >= 15 is 0 Å². The monoisotopic (exact) mass is 579 g/mol. The zero-order valence-corrected chi connectivity index (χ0v) is 25.5. The molecule has 1 aliphatic heterocycles. The molecule has 0 fully saturated rings. The van der Waals surface area contributed by atoms with Gasteiger partial charge in [-0.3, -0.25) is 0 Å². The Morgan fingerprint density at radius 2 is 1.41 bits per heavy atom. The molecule has 0 atom stereocenters. The molecule has 9 nitrogen and oxygen atoms in total. The van der Waals surface area contributed by atoms with E-state index < -0.39 is 17.9 Å². The number of esters is 2. The molecule has 0 spiro atoms. The van der Waals surface area contributed by atoms with Crippen molar-refractivity contribution >= 4 is 44.3 Å². The maximum atomic E-state index is 13.8. The average Bonchev–Trinajstić information content (AvgIpc) is 3.36. The van der Waals surface area contributed by atoms with Crippen LogP contribution in [-0.2, 0) is 28.5 Å². The van der Waals surface area contributed by atoms with Crippen molar-refractivity contribution in [3.63, 3.8) is 0 Å². The summed E-state index contributed by atoms with van der Waals surface area (Å²) in [7, 11) is 3.89. The van der Waals surface area contributed by atoms with Crippen LogP contribution in [0.1, 0.15) is 44.7 Å². The van der Waals surface area contributed by atoms with Crippen LogP contribution < -0.4 is 9.80 Å². The first kappa shape index (κ1) is 29.9. The van der Waals surface area contributed by atoms with E-state index in [0.717, 1.165) is 21.5 Å². The molecule has 3 aromatic rings. The van der Waals surface area contributed by atoms with E-state index in [-0.39, 0.29) is 49.3 Å². The summed E-state index contributed by atoms with van der Waals surface area (Å²) in [6, 6.07) is 13.6. The summed E-state index contributed by atoms with van der Waals surface area (Å²) in [5, 5.41) is 0.488. The quantitative estimate of drug-likeness (QED) is 0.258. The van der Waals surface area contributed by atoms with Crippen molar-refractivity contribution in [1.29, 1.82) is 0 Å². The number of anilines is 2. The molecule has 0 amide bonds. The Hall–Kier alpha value is -4.05. The van der Waals surface area contributed by atoms with Gasteiger partial charge in [0.1, 0.15) is 11.1 Å². The minimum Gasteiger partial charge on any atom is -0.478 e. The predicted octanol–water partition coefficient (Wildman–Crippen LogP) is 5.90. The molecular formula is C31H37N3O6S. The minimum atomic E-state index is -0.875. The van der Waals surface area contributed by atoms with Gasteiger partial charge in [0.05, 0.1) is 42.6 Å². The number of carbonyl (C=O) groups excluding carboxylic acids is 2. The second-order valence-electron chi connectivity index (χ2n) is 9.47. The van der Waals surface area contributed by atoms with Gasteiger partial charge in [0, 0.05) is 19.8 Å². The summed E-state index contributed by atoms with van der Waals surface area (Å²) in [5.41, 5.74) is 3.87. The lowest BCUT2D eigenvalue weighted by atomic mass is 9.82. The summed E-state index contributed by atoms with van der Waals surface area (Å²) >= 11 is 1.41. The standard InChI is InChI=1S/C31H37N3O6S/c1-8-37-27-25(29(35)39-10-3)24(20-13-15-21(16-14-20)33(6)7)26(30(36)40-11-4)28(38-9-2)34(27)31-32-22-17-12-19(5)18-23(22)41-31/h12-18,24H,8-11H2,1-7H3. The second kappa shape index (κ2) is 13.1. The van der Waals surface area contributed by atoms with Crippen LogP contribution >= 0.6 is 11.3 Å². The van der Waals surface area contributed by atoms with Gasteiger partial charge in [-0.05, 0) is 70.0 Å². The first-order chi connectivity index (χ1) is 19.7. The summed E-state index contributed by atoms with van der Waals surface area (Å²) in [6.07, 6.45) is 0. The summed E-state index contributed by atoms with van der Waals surface area (Å²) < 4.78 is 24.5. The van der Waals surface area contributed by atoms with Crippen molar-refractivity contribution in [1.82, 2.24) is 4.98 Å². The maximum Gasteiger partial charge on any atom is 0.340 e. The smallest absolute Gasteiger partial charge is 0.340 e. The summed E-state index contributed by atoms with van der Waals surface area (Å²) in [5.74, 6) is -1.66. The molecular weight excluding hydrogens is 542 g/mol. The van der Waals surface area contributed by atoms with E-state index in [1.807, 2.05) is 82.2 Å². The molecule has 1 aromatic heterocycles. The molecule has 1 aliphatic rings. The van der Waals surface area contributed by atoms with Crippen LogP contribution in [0.25, 0.3) is 10.2 Å². The highest BCUT2D eigenvalue weighted by atomic mass is 32.1. The van der Waals surface area contributed by atoms with Gasteiger partial charge in [-0.15, -0.1) is 0 Å². The molecule has 0 bridgehead atoms. The normalized spacial score (nSPS) is 14.0. The zero-order chi connectivity index (χ0) is 29.7. The molecule has 4 rings (SSSR count). The number of aryl methyl sites for hydroxylation is 1. The van der Waals surface area contributed by atoms with Gasteiger partial charge in [-0.1, -0.05) is 29.5 Å². The largest absolute Gasteiger partial charge is 0.478 e. The van der Waals surface area contributed by atoms with E-state index in [9.17, 15) is 9.59 Å². The van der Waals surface area contributed by atoms with Gasteiger partial charge in [-0.25, -0.2) is 19.5 Å². The van der Waals surface area contributed by atoms with Crippen molar-refractivity contribution in [2.24, 2.45) is 0 Å². The van der Waals surface area contributed by atoms with E-state index in [2.05, 4.69) is 0 Å². The molecule has 2 heterocycles. The molecule has 41 heavy (non-hydrogen) atoms. The third-order valence-electron chi connectivity index (χ3n) is 6.46. The number of hydrogen-bond donors (Lipinski definition) is 0. The van der Waals surface area contributed by atoms with Gasteiger partial charge in [-0.2, -0.15) is 0 Å². The lowest BCUT2D eigenvalue weighted by Crippen LogP contribution is -2.39. The molecule has 0 saturated carbocycles. The van der Waals surface area contributed by atoms with Crippen molar-refractivity contribution < 1.29 is 28.5 Å². The highest BCUT2D eigenvalue weighted by molar-refractivity contribution is 7.22. The fourth-order valence-electron chi connectivity index (χ4n) is 4.70. The number of fused-ring (bicyclic) bond motifs is 1. The minimum absolute atomic E-state index is 0.144. The molecule has 2 aromatic carbocycles. The lowest BCUT2D eigenvalue weighted by Gasteiger charge is -2.36. The van der Waals surface area contributed by atoms with E-state index in [0.29, 0.717) is 10.7 Å². The van der Waals surface area contributed by atoms with Crippen LogP contribution in [0.5, 0.6) is 0 Å². The maximum absolute atomic E-state index is 13.8. The summed E-state index contributed by atoms with van der Waals surface area (Å²) in [6.45, 7) is 9.95. The van der Waals surface area contributed by atoms with Gasteiger partial charge in [0.2, 0.25) is 11.8 Å². The van der Waals surface area contributed by atoms with E-state index in [1.165, 1.54) is 11.3 Å². The Balaban J connectivity index is 2.09. The van der Waals surface area contributed by atoms with Crippen LogP contribution in [0.4, 0.5) is 10.8 Å². The van der Waals surface area contributed by atoms with Crippen LogP contribution in [0.2, 0.25) is 0 Å². The fraction of sp³-hybridized carbons (Fsp3) is 0.387. The van der Waals surface area contributed by atoms with Crippen molar-refractivity contribution in [2.75, 3.05) is 50.3 Å². The number of ether oxygens (including phenoxy) is 4. The molecule has 0 unspecified atom stereocenters. The number of carbonyl (C=O) groups is 2. The number of nitrogens with zero attached hydrogens (tertiary/aromatic N) is 3. The molecule has 10 heteroatoms. The molecule has 0 radical (unpaired) electrons. The third kappa shape index (κ3) is 6.02. The first-order valence-corrected chi connectivity index (χ1v) is 14.6. The highest BCUT2D eigenvalue weighted by Gasteiger charge is 2.46. The predicted molar refractivity (Wildman–Crippen MR) is 161 cm³/mol. The molecule has 218 valence electrons. The Morgan fingerprint density at radius 1 is 0.854 bits per heavy atom. The number of thiazole rings is 1. The lowest BCUT2D eigenvalue weighted by molar-refractivity contribution is -0.140. The Bertz CT molecular complexity index is 1430. The average molecular weight is 580 g/mol. The topological polar surface area (TPSA) is 90.4 Å². The number of hydrogen-bond acceptors (Lipinski definition) is 10. The number of aromatic nitrogens is 1. The van der Waals surface area contributed by atoms with Crippen molar-refractivity contribution in [3.8, 4) is 0 Å². The van der Waals surface area contributed by atoms with Gasteiger partial charge in [0.25, 0.3) is 0 Å². The summed E-state index contributed by atoms with van der Waals surface area (Å²) in [4.78, 5) is 36.1. The Morgan fingerprint density at radius 3 is 1.90 bits per heavy atom. The van der Waals surface area contributed by atoms with Crippen molar-refractivity contribution in [3.05, 3.63) is 76.5 Å². The molecule has 0 aliphatic carbocycles. The van der Waals surface area contributed by atoms with E-state index in [4.69, 9.17) is 23.9 Å². The third-order valence-corrected chi connectivity index (χ3v) is 7.47. The van der Waals surface area contributed by atoms with Crippen LogP contribution in [0.3, 0.4) is 0 Å². The zero-order valence-electron chi connectivity index (χ0n) is 24.6. The number of rotatable bonds is 11. The van der Waals surface area contributed by atoms with Gasteiger partial charge < -0.3 is 23.8 Å². The highest BCUT2D eigenvalue weighted by Crippen LogP contribution is 2.47. The Labute approximate surface area is 245 Å². The molecule has 0 N–H and O–H groups in total. The van der Waals surface area contributed by atoms with Crippen LogP contribution in [-0.4, -0.2) is 57.4 Å². The SMILES string of the molecule is CCOC(=O)C1=C(OCC)N(c2nc3ccc(C)cc3s2)C(OCC)=C(C(=O)OCC)C1c1ccc(N(C)C)cc1. The fourth-order valence-corrected chi connectivity index (χ4v) is 5.76. The van der Waals surface area contributed by atoms with E-state index in [1.54, 1.807) is 18.7 Å².